The number of thioether (sulfide) groups is 1. The van der Waals surface area contributed by atoms with Crippen LogP contribution >= 0.6 is 35.0 Å². The molecular weight excluding hydrogens is 517 g/mol. The Labute approximate surface area is 217 Å². The van der Waals surface area contributed by atoms with E-state index in [0.717, 1.165) is 17.3 Å². The summed E-state index contributed by atoms with van der Waals surface area (Å²) in [7, 11) is 0. The molecule has 0 aromatic heterocycles. The van der Waals surface area contributed by atoms with Gasteiger partial charge in [-0.3, -0.25) is 9.59 Å². The first-order valence-electron chi connectivity index (χ1n) is 10.7. The maximum absolute atomic E-state index is 12.9. The van der Waals surface area contributed by atoms with E-state index in [2.05, 4.69) is 10.2 Å². The van der Waals surface area contributed by atoms with E-state index in [4.69, 9.17) is 33.7 Å². The SMILES string of the molecule is CC(C)(SC(=O)Cc1ccccc1Nc1c(Cl)cccc1Cl)C(N)C(=O)OCCCCO[N+](=O)[O-]. The smallest absolute Gasteiger partial charge is 0.324 e. The van der Waals surface area contributed by atoms with Crippen LogP contribution in [0.3, 0.4) is 0 Å². The van der Waals surface area contributed by atoms with Gasteiger partial charge in [0.1, 0.15) is 6.04 Å². The number of nitrogens with zero attached hydrogens (tertiary/aromatic N) is 1. The highest BCUT2D eigenvalue weighted by molar-refractivity contribution is 8.14. The number of hydrogen-bond donors (Lipinski definition) is 2. The van der Waals surface area contributed by atoms with Gasteiger partial charge < -0.3 is 20.6 Å². The molecule has 1 atom stereocenters. The first-order valence-corrected chi connectivity index (χ1v) is 12.3. The number of rotatable bonds is 13. The van der Waals surface area contributed by atoms with Crippen molar-refractivity contribution in [2.45, 2.75) is 43.9 Å². The number of unbranched alkanes of at least 4 members (excludes halogenated alkanes) is 1. The van der Waals surface area contributed by atoms with Crippen molar-refractivity contribution in [1.82, 2.24) is 0 Å². The van der Waals surface area contributed by atoms with Gasteiger partial charge in [-0.25, -0.2) is 0 Å². The lowest BCUT2D eigenvalue weighted by Crippen LogP contribution is -2.48. The number of carbonyl (C=O) groups is 2. The van der Waals surface area contributed by atoms with Crippen LogP contribution in [0.25, 0.3) is 0 Å². The van der Waals surface area contributed by atoms with Crippen LogP contribution in [-0.4, -0.2) is 40.2 Å². The molecule has 3 N–H and O–H groups in total. The van der Waals surface area contributed by atoms with Crippen LogP contribution in [0.4, 0.5) is 11.4 Å². The Hall–Kier alpha value is -2.53. The van der Waals surface area contributed by atoms with Crippen LogP contribution in [0.1, 0.15) is 32.3 Å². The number of halogens is 2. The summed E-state index contributed by atoms with van der Waals surface area (Å²) in [4.78, 5) is 39.5. The second-order valence-corrected chi connectivity index (χ2v) is 10.6. The first kappa shape index (κ1) is 28.7. The molecule has 0 aliphatic carbocycles. The summed E-state index contributed by atoms with van der Waals surface area (Å²) in [6.45, 7) is 3.36. The maximum atomic E-state index is 12.9. The van der Waals surface area contributed by atoms with Crippen molar-refractivity contribution in [3.63, 3.8) is 0 Å². The van der Waals surface area contributed by atoms with Crippen molar-refractivity contribution in [2.75, 3.05) is 18.5 Å². The van der Waals surface area contributed by atoms with Crippen molar-refractivity contribution in [1.29, 1.82) is 0 Å². The predicted octanol–water partition coefficient (Wildman–Crippen LogP) is 5.18. The molecule has 2 aromatic rings. The van der Waals surface area contributed by atoms with E-state index in [1.807, 2.05) is 24.3 Å². The Kier molecular flexibility index (Phi) is 11.1. The average Bonchev–Trinajstić information content (AvgIpc) is 2.78. The minimum Gasteiger partial charge on any atom is -0.464 e. The van der Waals surface area contributed by atoms with Gasteiger partial charge in [-0.1, -0.05) is 59.2 Å². The molecule has 9 nitrogen and oxygen atoms in total. The summed E-state index contributed by atoms with van der Waals surface area (Å²) in [5.41, 5.74) is 8.03. The van der Waals surface area contributed by atoms with Gasteiger partial charge in [0.15, 0.2) is 5.12 Å². The second-order valence-electron chi connectivity index (χ2n) is 8.04. The highest BCUT2D eigenvalue weighted by Gasteiger charge is 2.36. The summed E-state index contributed by atoms with van der Waals surface area (Å²) < 4.78 is 4.22. The molecule has 190 valence electrons. The molecule has 0 saturated heterocycles. The third-order valence-corrected chi connectivity index (χ3v) is 6.72. The molecule has 2 aromatic carbocycles. The summed E-state index contributed by atoms with van der Waals surface area (Å²) >= 11 is 13.5. The molecular formula is C23H27Cl2N3O6S. The quantitative estimate of drug-likeness (QED) is 0.151. The maximum Gasteiger partial charge on any atom is 0.324 e. The van der Waals surface area contributed by atoms with Crippen LogP contribution in [-0.2, 0) is 25.6 Å². The molecule has 0 radical (unpaired) electrons. The van der Waals surface area contributed by atoms with E-state index >= 15 is 0 Å². The largest absolute Gasteiger partial charge is 0.464 e. The molecule has 0 fully saturated rings. The minimum absolute atomic E-state index is 0.0476. The Bertz CT molecular complexity index is 1030. The van der Waals surface area contributed by atoms with Gasteiger partial charge in [0, 0.05) is 16.9 Å². The van der Waals surface area contributed by atoms with Crippen molar-refractivity contribution >= 4 is 57.4 Å². The lowest BCUT2D eigenvalue weighted by atomic mass is 10.0. The third kappa shape index (κ3) is 9.21. The number of ether oxygens (including phenoxy) is 1. The van der Waals surface area contributed by atoms with E-state index in [1.54, 1.807) is 32.0 Å². The van der Waals surface area contributed by atoms with Gasteiger partial charge in [0.05, 0.1) is 28.9 Å². The Balaban J connectivity index is 1.94. The molecule has 12 heteroatoms. The Morgan fingerprint density at radius 1 is 1.11 bits per heavy atom. The third-order valence-electron chi connectivity index (χ3n) is 4.93. The number of anilines is 2. The monoisotopic (exact) mass is 543 g/mol. The number of esters is 1. The average molecular weight is 544 g/mol. The Morgan fingerprint density at radius 3 is 2.40 bits per heavy atom. The standard InChI is InChI=1S/C23H27Cl2N3O6S/c1-23(2,21(26)22(30)33-12-5-6-13-34-28(31)32)35-19(29)14-15-8-3-4-11-18(15)27-20-16(24)9-7-10-17(20)25/h3-4,7-11,21,27H,5-6,12-14,26H2,1-2H3. The predicted molar refractivity (Wildman–Crippen MR) is 138 cm³/mol. The van der Waals surface area contributed by atoms with Crippen molar-refractivity contribution in [3.05, 3.63) is 68.2 Å². The van der Waals surface area contributed by atoms with Crippen LogP contribution in [0.2, 0.25) is 10.0 Å². The van der Waals surface area contributed by atoms with Crippen LogP contribution in [0.15, 0.2) is 42.5 Å². The van der Waals surface area contributed by atoms with E-state index in [1.165, 1.54) is 0 Å². The topological polar surface area (TPSA) is 134 Å². The summed E-state index contributed by atoms with van der Waals surface area (Å²) in [6.07, 6.45) is 0.822. The van der Waals surface area contributed by atoms with Gasteiger partial charge in [-0.15, -0.1) is 10.1 Å². The Morgan fingerprint density at radius 2 is 1.74 bits per heavy atom. The molecule has 2 rings (SSSR count). The number of para-hydroxylation sites is 2. The molecule has 35 heavy (non-hydrogen) atoms. The number of nitrogens with one attached hydrogen (secondary N) is 1. The molecule has 0 heterocycles. The van der Waals surface area contributed by atoms with Gasteiger partial charge in [-0.2, -0.15) is 0 Å². The van der Waals surface area contributed by atoms with Gasteiger partial charge in [0.2, 0.25) is 0 Å². The van der Waals surface area contributed by atoms with Crippen LogP contribution < -0.4 is 11.1 Å². The lowest BCUT2D eigenvalue weighted by molar-refractivity contribution is -0.757. The zero-order valence-electron chi connectivity index (χ0n) is 19.3. The molecule has 0 saturated carbocycles. The summed E-state index contributed by atoms with van der Waals surface area (Å²) in [6, 6.07) is 11.4. The summed E-state index contributed by atoms with van der Waals surface area (Å²) in [5, 5.41) is 13.1. The summed E-state index contributed by atoms with van der Waals surface area (Å²) in [5.74, 6) is -0.652. The highest BCUT2D eigenvalue weighted by Crippen LogP contribution is 2.35. The minimum atomic E-state index is -1.05. The van der Waals surface area contributed by atoms with Crippen molar-refractivity contribution in [3.8, 4) is 0 Å². The van der Waals surface area contributed by atoms with Crippen molar-refractivity contribution < 1.29 is 24.3 Å². The fourth-order valence-corrected chi connectivity index (χ4v) is 4.52. The number of hydrogen-bond acceptors (Lipinski definition) is 9. The molecule has 0 bridgehead atoms. The number of nitrogens with two attached hydrogens (primary N) is 1. The first-order chi connectivity index (χ1) is 16.5. The van der Waals surface area contributed by atoms with Gasteiger partial charge >= 0.3 is 5.97 Å². The molecule has 1 unspecified atom stereocenters. The fourth-order valence-electron chi connectivity index (χ4n) is 2.99. The molecule has 0 amide bonds. The zero-order valence-corrected chi connectivity index (χ0v) is 21.6. The molecule has 0 spiro atoms. The highest BCUT2D eigenvalue weighted by atomic mass is 35.5. The fraction of sp³-hybridized carbons (Fsp3) is 0.391. The molecule has 0 aliphatic heterocycles. The van der Waals surface area contributed by atoms with E-state index in [0.29, 0.717) is 34.3 Å². The van der Waals surface area contributed by atoms with E-state index in [-0.39, 0.29) is 24.7 Å². The van der Waals surface area contributed by atoms with Crippen molar-refractivity contribution in [2.24, 2.45) is 5.73 Å². The van der Waals surface area contributed by atoms with Gasteiger partial charge in [0.25, 0.3) is 5.09 Å². The van der Waals surface area contributed by atoms with Gasteiger partial charge in [-0.05, 0) is 50.5 Å². The normalized spacial score (nSPS) is 12.0. The second kappa shape index (κ2) is 13.5. The lowest BCUT2D eigenvalue weighted by Gasteiger charge is -2.28. The van der Waals surface area contributed by atoms with E-state index < -0.39 is 21.8 Å². The van der Waals surface area contributed by atoms with Crippen LogP contribution in [0, 0.1) is 10.1 Å². The van der Waals surface area contributed by atoms with Crippen LogP contribution in [0.5, 0.6) is 0 Å². The zero-order chi connectivity index (χ0) is 26.0. The number of benzene rings is 2. The van der Waals surface area contributed by atoms with E-state index in [9.17, 15) is 19.7 Å². The molecule has 0 aliphatic rings. The number of carbonyl (C=O) groups excluding carboxylic acids is 2.